The molecule has 0 radical (unpaired) electrons. The van der Waals surface area contributed by atoms with Crippen molar-refractivity contribution in [1.29, 1.82) is 0 Å². The first-order valence-electron chi connectivity index (χ1n) is 9.30. The van der Waals surface area contributed by atoms with Gasteiger partial charge in [-0.05, 0) is 44.0 Å². The van der Waals surface area contributed by atoms with Crippen LogP contribution < -0.4 is 21.7 Å². The summed E-state index contributed by atoms with van der Waals surface area (Å²) in [6.07, 6.45) is -0.607. The van der Waals surface area contributed by atoms with E-state index < -0.39 is 6.04 Å². The number of anilines is 1. The molecule has 0 aliphatic carbocycles. The van der Waals surface area contributed by atoms with Gasteiger partial charge < -0.3 is 19.9 Å². The summed E-state index contributed by atoms with van der Waals surface area (Å²) in [7, 11) is 0. The largest absolute Gasteiger partial charge is 0.450 e. The van der Waals surface area contributed by atoms with E-state index in [9.17, 15) is 9.59 Å². The fraction of sp³-hybridized carbons (Fsp3) is 0.556. The van der Waals surface area contributed by atoms with Gasteiger partial charge in [0.25, 0.3) is 0 Å². The van der Waals surface area contributed by atoms with Gasteiger partial charge in [-0.15, -0.1) is 0 Å². The Balaban J connectivity index is 1.57. The van der Waals surface area contributed by atoms with Gasteiger partial charge in [-0.2, -0.15) is 5.53 Å². The summed E-state index contributed by atoms with van der Waals surface area (Å²) >= 11 is 0. The number of hydrazine groups is 2. The molecule has 0 saturated carbocycles. The topological polar surface area (TPSA) is 98.0 Å². The molecule has 2 amide bonds. The van der Waals surface area contributed by atoms with E-state index in [0.717, 1.165) is 5.69 Å². The zero-order valence-corrected chi connectivity index (χ0v) is 16.0. The lowest BCUT2D eigenvalue weighted by Crippen LogP contribution is -2.57. The van der Waals surface area contributed by atoms with Gasteiger partial charge in [0.05, 0.1) is 6.61 Å². The second-order valence-electron chi connectivity index (χ2n) is 6.82. The quantitative estimate of drug-likeness (QED) is 0.601. The van der Waals surface area contributed by atoms with E-state index in [1.165, 1.54) is 11.1 Å². The van der Waals surface area contributed by atoms with E-state index in [1.54, 1.807) is 16.7 Å². The number of ether oxygens (including phenoxy) is 1. The van der Waals surface area contributed by atoms with Crippen LogP contribution in [0.5, 0.6) is 0 Å². The molecule has 2 heterocycles. The fourth-order valence-corrected chi connectivity index (χ4v) is 3.22. The third kappa shape index (κ3) is 4.49. The number of hydrogen-bond acceptors (Lipinski definition) is 7. The average Bonchev–Trinajstić information content (AvgIpc) is 3.12. The lowest BCUT2D eigenvalue weighted by Gasteiger charge is -2.35. The zero-order chi connectivity index (χ0) is 19.4. The van der Waals surface area contributed by atoms with Crippen LogP contribution in [0.1, 0.15) is 18.1 Å². The number of aryl methyl sites for hydroxylation is 2. The first kappa shape index (κ1) is 19.4. The van der Waals surface area contributed by atoms with Crippen molar-refractivity contribution < 1.29 is 14.3 Å². The highest BCUT2D eigenvalue weighted by Crippen LogP contribution is 2.17. The summed E-state index contributed by atoms with van der Waals surface area (Å²) in [5.41, 5.74) is 12.2. The van der Waals surface area contributed by atoms with Gasteiger partial charge in [0, 0.05) is 31.9 Å². The van der Waals surface area contributed by atoms with Gasteiger partial charge in [0.15, 0.2) is 0 Å². The normalized spacial score (nSPS) is 22.6. The predicted octanol–water partition coefficient (Wildman–Crippen LogP) is 0.323. The molecule has 2 aliphatic heterocycles. The van der Waals surface area contributed by atoms with Crippen molar-refractivity contribution in [1.82, 2.24) is 26.2 Å². The fourth-order valence-electron chi connectivity index (χ4n) is 3.22. The molecular weight excluding hydrogens is 348 g/mol. The molecule has 2 aliphatic rings. The van der Waals surface area contributed by atoms with Crippen LogP contribution in [-0.4, -0.2) is 66.8 Å². The highest BCUT2D eigenvalue weighted by Gasteiger charge is 2.37. The molecule has 9 nitrogen and oxygen atoms in total. The molecule has 2 fully saturated rings. The van der Waals surface area contributed by atoms with E-state index >= 15 is 0 Å². The third-order valence-corrected chi connectivity index (χ3v) is 5.00. The molecule has 3 rings (SSSR count). The van der Waals surface area contributed by atoms with Gasteiger partial charge in [-0.3, -0.25) is 4.79 Å². The Bertz CT molecular complexity index is 690. The first-order chi connectivity index (χ1) is 13.0. The van der Waals surface area contributed by atoms with Crippen molar-refractivity contribution in [2.24, 2.45) is 0 Å². The molecule has 0 spiro atoms. The number of nitrogens with zero attached hydrogens (tertiary/aromatic N) is 2. The Morgan fingerprint density at radius 1 is 1.11 bits per heavy atom. The Kier molecular flexibility index (Phi) is 6.15. The maximum absolute atomic E-state index is 12.9. The summed E-state index contributed by atoms with van der Waals surface area (Å²) in [6.45, 7) is 8.21. The van der Waals surface area contributed by atoms with Crippen molar-refractivity contribution in [3.05, 3.63) is 29.3 Å². The Labute approximate surface area is 159 Å². The average molecular weight is 376 g/mol. The number of benzene rings is 1. The molecule has 0 bridgehead atoms. The van der Waals surface area contributed by atoms with Crippen LogP contribution in [0.3, 0.4) is 0 Å². The van der Waals surface area contributed by atoms with Crippen LogP contribution in [-0.2, 0) is 9.53 Å². The summed E-state index contributed by atoms with van der Waals surface area (Å²) < 4.78 is 5.02. The number of carbonyl (C=O) groups is 2. The van der Waals surface area contributed by atoms with E-state index in [1.807, 2.05) is 6.07 Å². The van der Waals surface area contributed by atoms with Crippen molar-refractivity contribution in [3.8, 4) is 0 Å². The molecule has 4 N–H and O–H groups in total. The van der Waals surface area contributed by atoms with Gasteiger partial charge >= 0.3 is 6.09 Å². The summed E-state index contributed by atoms with van der Waals surface area (Å²) in [5.74, 6) is -0.0163. The maximum atomic E-state index is 12.9. The van der Waals surface area contributed by atoms with Crippen molar-refractivity contribution >= 4 is 17.7 Å². The van der Waals surface area contributed by atoms with Crippen LogP contribution in [0.15, 0.2) is 18.2 Å². The Morgan fingerprint density at radius 2 is 1.81 bits per heavy atom. The number of rotatable bonds is 4. The molecule has 27 heavy (non-hydrogen) atoms. The molecular formula is C18H28N6O3. The third-order valence-electron chi connectivity index (χ3n) is 5.00. The number of nitrogens with one attached hydrogen (secondary N) is 4. The molecule has 2 atom stereocenters. The number of hydrogen-bond donors (Lipinski definition) is 4. The molecule has 148 valence electrons. The lowest BCUT2D eigenvalue weighted by molar-refractivity contribution is -0.135. The van der Waals surface area contributed by atoms with E-state index in [0.29, 0.717) is 32.8 Å². The van der Waals surface area contributed by atoms with Crippen LogP contribution >= 0.6 is 0 Å². The summed E-state index contributed by atoms with van der Waals surface area (Å²) in [6, 6.07) is 5.66. The number of amides is 2. The standard InChI is InChI=1S/C18H28N6O3/c1-4-27-18(26)24-9-7-23(8-10-24)17(25)15-16(21-22-20-15)19-14-6-5-12(2)13(3)11-14/h5-6,11,15-16,19-22H,4,7-10H2,1-3H3. The van der Waals surface area contributed by atoms with Gasteiger partial charge in [-0.1, -0.05) is 6.07 Å². The van der Waals surface area contributed by atoms with E-state index in [4.69, 9.17) is 4.74 Å². The minimum atomic E-state index is -0.458. The smallest absolute Gasteiger partial charge is 0.409 e. The van der Waals surface area contributed by atoms with Crippen LogP contribution in [0.4, 0.5) is 10.5 Å². The zero-order valence-electron chi connectivity index (χ0n) is 16.0. The lowest BCUT2D eigenvalue weighted by atomic mass is 10.1. The molecule has 0 aromatic heterocycles. The van der Waals surface area contributed by atoms with Crippen LogP contribution in [0.2, 0.25) is 0 Å². The summed E-state index contributed by atoms with van der Waals surface area (Å²) in [5, 5.41) is 3.35. The van der Waals surface area contributed by atoms with Crippen LogP contribution in [0.25, 0.3) is 0 Å². The second-order valence-corrected chi connectivity index (χ2v) is 6.82. The second kappa shape index (κ2) is 8.55. The maximum Gasteiger partial charge on any atom is 0.409 e. The number of piperazine rings is 1. The Morgan fingerprint density at radius 3 is 2.48 bits per heavy atom. The van der Waals surface area contributed by atoms with Crippen molar-refractivity contribution in [3.63, 3.8) is 0 Å². The highest BCUT2D eigenvalue weighted by atomic mass is 16.6. The van der Waals surface area contributed by atoms with E-state index in [-0.39, 0.29) is 18.2 Å². The van der Waals surface area contributed by atoms with Crippen molar-refractivity contribution in [2.75, 3.05) is 38.1 Å². The highest BCUT2D eigenvalue weighted by molar-refractivity contribution is 5.83. The summed E-state index contributed by atoms with van der Waals surface area (Å²) in [4.78, 5) is 28.1. The van der Waals surface area contributed by atoms with Crippen LogP contribution in [0, 0.1) is 13.8 Å². The Hall–Kier alpha value is -2.36. The van der Waals surface area contributed by atoms with E-state index in [2.05, 4.69) is 47.7 Å². The first-order valence-corrected chi connectivity index (χ1v) is 9.30. The SMILES string of the molecule is CCOC(=O)N1CCN(C(=O)C2NNNC2Nc2ccc(C)c(C)c2)CC1. The molecule has 1 aromatic carbocycles. The predicted molar refractivity (Wildman–Crippen MR) is 102 cm³/mol. The number of carbonyl (C=O) groups excluding carboxylic acids is 2. The molecule has 2 saturated heterocycles. The minimum Gasteiger partial charge on any atom is -0.450 e. The monoisotopic (exact) mass is 376 g/mol. The minimum absolute atomic E-state index is 0.0163. The van der Waals surface area contributed by atoms with Gasteiger partial charge in [0.1, 0.15) is 12.2 Å². The van der Waals surface area contributed by atoms with Gasteiger partial charge in [-0.25, -0.2) is 15.6 Å². The van der Waals surface area contributed by atoms with Gasteiger partial charge in [0.2, 0.25) is 5.91 Å². The van der Waals surface area contributed by atoms with Crippen molar-refractivity contribution in [2.45, 2.75) is 33.0 Å². The molecule has 2 unspecified atom stereocenters. The molecule has 9 heteroatoms. The molecule has 1 aromatic rings.